The molecule has 0 radical (unpaired) electrons. The van der Waals surface area contributed by atoms with Gasteiger partial charge in [0.1, 0.15) is 0 Å². The molecule has 5 rings (SSSR count). The van der Waals surface area contributed by atoms with E-state index in [1.165, 1.54) is 0 Å². The van der Waals surface area contributed by atoms with E-state index in [-0.39, 0.29) is 11.9 Å². The zero-order valence-corrected chi connectivity index (χ0v) is 18.8. The number of aryl methyl sites for hydroxylation is 1. The molecule has 0 aliphatic heterocycles. The molecule has 0 atom stereocenters. The van der Waals surface area contributed by atoms with E-state index in [9.17, 15) is 4.79 Å². The van der Waals surface area contributed by atoms with Crippen molar-refractivity contribution in [1.82, 2.24) is 34.8 Å². The number of carbonyl (C=O) groups excluding carboxylic acids is 1. The highest BCUT2D eigenvalue weighted by atomic mass is 16.1. The number of nitrogens with zero attached hydrogens (tertiary/aromatic N) is 6. The molecule has 1 N–H and O–H groups in total. The van der Waals surface area contributed by atoms with Gasteiger partial charge in [0.05, 0.1) is 18.4 Å². The molecule has 1 fully saturated rings. The summed E-state index contributed by atoms with van der Waals surface area (Å²) >= 11 is 0. The van der Waals surface area contributed by atoms with Crippen molar-refractivity contribution in [3.05, 3.63) is 61.4 Å². The first-order valence-electron chi connectivity index (χ1n) is 11.3. The molecule has 1 aliphatic rings. The van der Waals surface area contributed by atoms with Gasteiger partial charge in [0.25, 0.3) is 0 Å². The van der Waals surface area contributed by atoms with Crippen LogP contribution >= 0.6 is 0 Å². The number of benzene rings is 1. The summed E-state index contributed by atoms with van der Waals surface area (Å²) in [5.41, 5.74) is 5.07. The molecule has 1 saturated carbocycles. The maximum absolute atomic E-state index is 11.3. The van der Waals surface area contributed by atoms with Crippen molar-refractivity contribution in [1.29, 1.82) is 0 Å². The number of nitrogens with one attached hydrogen (secondary N) is 1. The Kier molecular flexibility index (Phi) is 5.73. The molecule has 8 nitrogen and oxygen atoms in total. The van der Waals surface area contributed by atoms with Crippen LogP contribution in [0.5, 0.6) is 0 Å². The predicted octanol–water partition coefficient (Wildman–Crippen LogP) is 4.03. The second-order valence-electron chi connectivity index (χ2n) is 8.69. The van der Waals surface area contributed by atoms with Gasteiger partial charge in [0.15, 0.2) is 5.82 Å². The molecule has 33 heavy (non-hydrogen) atoms. The lowest BCUT2D eigenvalue weighted by Crippen LogP contribution is -2.36. The highest BCUT2D eigenvalue weighted by Gasteiger charge is 2.23. The maximum Gasteiger partial charge on any atom is 0.217 e. The van der Waals surface area contributed by atoms with E-state index in [4.69, 9.17) is 0 Å². The van der Waals surface area contributed by atoms with Gasteiger partial charge in [-0.25, -0.2) is 9.97 Å². The van der Waals surface area contributed by atoms with Gasteiger partial charge in [-0.05, 0) is 37.3 Å². The first kappa shape index (κ1) is 21.1. The Hall–Kier alpha value is -3.81. The van der Waals surface area contributed by atoms with Gasteiger partial charge in [-0.1, -0.05) is 18.2 Å². The smallest absolute Gasteiger partial charge is 0.217 e. The van der Waals surface area contributed by atoms with Gasteiger partial charge in [0.2, 0.25) is 5.91 Å². The number of carbonyl (C=O) groups is 1. The van der Waals surface area contributed by atoms with E-state index < -0.39 is 0 Å². The number of hydrogen-bond acceptors (Lipinski definition) is 5. The van der Waals surface area contributed by atoms with Gasteiger partial charge in [-0.15, -0.1) is 0 Å². The molecule has 0 unspecified atom stereocenters. The summed E-state index contributed by atoms with van der Waals surface area (Å²) in [6.45, 7) is 1.58. The Morgan fingerprint density at radius 1 is 0.879 bits per heavy atom. The summed E-state index contributed by atoms with van der Waals surface area (Å²) in [6, 6.07) is 8.82. The van der Waals surface area contributed by atoms with E-state index in [1.54, 1.807) is 11.6 Å². The van der Waals surface area contributed by atoms with Gasteiger partial charge in [-0.2, -0.15) is 10.2 Å². The lowest BCUT2D eigenvalue weighted by Gasteiger charge is -2.28. The Morgan fingerprint density at radius 2 is 1.58 bits per heavy atom. The zero-order valence-electron chi connectivity index (χ0n) is 18.8. The van der Waals surface area contributed by atoms with E-state index in [2.05, 4.69) is 43.8 Å². The van der Waals surface area contributed by atoms with Crippen molar-refractivity contribution in [2.45, 2.75) is 44.7 Å². The van der Waals surface area contributed by atoms with E-state index >= 15 is 0 Å². The lowest BCUT2D eigenvalue weighted by atomic mass is 9.91. The van der Waals surface area contributed by atoms with E-state index in [0.717, 1.165) is 53.5 Å². The summed E-state index contributed by atoms with van der Waals surface area (Å²) in [4.78, 5) is 20.5. The molecule has 0 spiro atoms. The number of hydrogen-bond donors (Lipinski definition) is 1. The first-order chi connectivity index (χ1) is 16.0. The van der Waals surface area contributed by atoms with Gasteiger partial charge < -0.3 is 5.32 Å². The fourth-order valence-electron chi connectivity index (χ4n) is 4.49. The van der Waals surface area contributed by atoms with Crippen LogP contribution < -0.4 is 5.32 Å². The summed E-state index contributed by atoms with van der Waals surface area (Å²) < 4.78 is 3.84. The van der Waals surface area contributed by atoms with E-state index in [1.807, 2.05) is 54.8 Å². The van der Waals surface area contributed by atoms with Crippen LogP contribution in [0.2, 0.25) is 0 Å². The first-order valence-corrected chi connectivity index (χ1v) is 11.3. The van der Waals surface area contributed by atoms with Crippen molar-refractivity contribution < 1.29 is 4.79 Å². The number of aromatic nitrogens is 6. The molecule has 3 heterocycles. The molecule has 4 aromatic rings. The summed E-state index contributed by atoms with van der Waals surface area (Å²) in [5, 5.41) is 11.9. The Bertz CT molecular complexity index is 1250. The van der Waals surface area contributed by atoms with Crippen molar-refractivity contribution in [3.63, 3.8) is 0 Å². The molecule has 1 aromatic carbocycles. The van der Waals surface area contributed by atoms with Crippen molar-refractivity contribution in [2.24, 2.45) is 7.05 Å². The zero-order chi connectivity index (χ0) is 22.8. The molecular weight excluding hydrogens is 414 g/mol. The van der Waals surface area contributed by atoms with Crippen LogP contribution in [0.4, 0.5) is 0 Å². The average molecular weight is 442 g/mol. The number of rotatable bonds is 5. The van der Waals surface area contributed by atoms with Crippen molar-refractivity contribution in [3.8, 4) is 33.6 Å². The SMILES string of the molecule is CC(=O)NC1CCC(n2cc(-c3cnc(-c4cccc(-c5cnn(C)c5)c4)nc3)cn2)CC1. The fraction of sp³-hybridized carbons (Fsp3) is 0.320. The molecule has 168 valence electrons. The normalized spacial score (nSPS) is 18.2. The predicted molar refractivity (Wildman–Crippen MR) is 126 cm³/mol. The molecule has 0 bridgehead atoms. The van der Waals surface area contributed by atoms with Crippen LogP contribution in [0, 0.1) is 0 Å². The molecule has 0 saturated heterocycles. The quantitative estimate of drug-likeness (QED) is 0.505. The Morgan fingerprint density at radius 3 is 2.27 bits per heavy atom. The van der Waals surface area contributed by atoms with Gasteiger partial charge in [0, 0.05) is 67.1 Å². The molecule has 3 aromatic heterocycles. The second kappa shape index (κ2) is 8.97. The summed E-state index contributed by atoms with van der Waals surface area (Å²) in [6.07, 6.45) is 15.5. The third kappa shape index (κ3) is 4.69. The Balaban J connectivity index is 1.28. The monoisotopic (exact) mass is 441 g/mol. The third-order valence-corrected chi connectivity index (χ3v) is 6.22. The van der Waals surface area contributed by atoms with Crippen LogP contribution in [-0.2, 0) is 11.8 Å². The maximum atomic E-state index is 11.3. The summed E-state index contributed by atoms with van der Waals surface area (Å²) in [7, 11) is 1.91. The fourth-order valence-corrected chi connectivity index (χ4v) is 4.49. The molecular formula is C25H27N7O. The minimum absolute atomic E-state index is 0.0482. The van der Waals surface area contributed by atoms with Crippen LogP contribution in [-0.4, -0.2) is 41.5 Å². The summed E-state index contributed by atoms with van der Waals surface area (Å²) in [5.74, 6) is 0.736. The topological polar surface area (TPSA) is 90.5 Å². The molecule has 1 amide bonds. The number of amides is 1. The highest BCUT2D eigenvalue weighted by Crippen LogP contribution is 2.30. The largest absolute Gasteiger partial charge is 0.354 e. The van der Waals surface area contributed by atoms with Crippen LogP contribution in [0.3, 0.4) is 0 Å². The van der Waals surface area contributed by atoms with Crippen molar-refractivity contribution >= 4 is 5.91 Å². The molecule has 1 aliphatic carbocycles. The van der Waals surface area contributed by atoms with Gasteiger partial charge >= 0.3 is 0 Å². The second-order valence-corrected chi connectivity index (χ2v) is 8.69. The molecule has 8 heteroatoms. The standard InChI is InChI=1S/C25H27N7O/c1-17(33)30-23-6-8-24(9-7-23)32-16-22(14-29-32)20-11-26-25(27-12-20)19-5-3-4-18(10-19)21-13-28-31(2)15-21/h3-5,10-16,23-24H,6-9H2,1-2H3,(H,30,33). The highest BCUT2D eigenvalue weighted by molar-refractivity contribution is 5.73. The minimum atomic E-state index is 0.0482. The Labute approximate surface area is 192 Å². The average Bonchev–Trinajstić information content (AvgIpc) is 3.49. The van der Waals surface area contributed by atoms with Crippen molar-refractivity contribution in [2.75, 3.05) is 0 Å². The van der Waals surface area contributed by atoms with Crippen LogP contribution in [0.25, 0.3) is 33.6 Å². The lowest BCUT2D eigenvalue weighted by molar-refractivity contribution is -0.119. The third-order valence-electron chi connectivity index (χ3n) is 6.22. The van der Waals surface area contributed by atoms with E-state index in [0.29, 0.717) is 11.9 Å². The van der Waals surface area contributed by atoms with Crippen LogP contribution in [0.15, 0.2) is 61.4 Å². The van der Waals surface area contributed by atoms with Crippen LogP contribution in [0.1, 0.15) is 38.6 Å². The van der Waals surface area contributed by atoms with Gasteiger partial charge in [-0.3, -0.25) is 14.2 Å². The minimum Gasteiger partial charge on any atom is -0.354 e.